The van der Waals surface area contributed by atoms with Crippen LogP contribution in [-0.4, -0.2) is 85.0 Å². The third-order valence-corrected chi connectivity index (χ3v) is 8.39. The van der Waals surface area contributed by atoms with Gasteiger partial charge < -0.3 is 32.0 Å². The quantitative estimate of drug-likeness (QED) is 0.0593. The number of amides is 2. The maximum absolute atomic E-state index is 13.2. The first-order valence-electron chi connectivity index (χ1n) is 12.8. The van der Waals surface area contributed by atoms with Crippen molar-refractivity contribution in [2.45, 2.75) is 31.3 Å². The molecule has 2 amide bonds. The van der Waals surface area contributed by atoms with Gasteiger partial charge in [0.15, 0.2) is 22.9 Å². The second-order valence-corrected chi connectivity index (χ2v) is 11.1. The maximum Gasteiger partial charge on any atom is 0.352 e. The van der Waals surface area contributed by atoms with Crippen LogP contribution in [0.2, 0.25) is 0 Å². The van der Waals surface area contributed by atoms with Gasteiger partial charge in [0.1, 0.15) is 42.2 Å². The number of nitrogens with one attached hydrogen (secondary N) is 2. The van der Waals surface area contributed by atoms with Crippen LogP contribution < -0.4 is 26.7 Å². The number of hydrogen-bond acceptors (Lipinski definition) is 12. The molecule has 0 aromatic carbocycles. The number of β-lactam (4-membered cyclic amide) rings is 1. The number of imidazole rings is 1. The van der Waals surface area contributed by atoms with Crippen molar-refractivity contribution in [2.24, 2.45) is 10.9 Å². The summed E-state index contributed by atoms with van der Waals surface area (Å²) < 4.78 is 3.57. The molecular weight excluding hydrogens is 572 g/mol. The molecule has 2 aliphatic heterocycles. The van der Waals surface area contributed by atoms with Gasteiger partial charge >= 0.3 is 11.6 Å². The molecule has 0 radical (unpaired) electrons. The van der Waals surface area contributed by atoms with Gasteiger partial charge in [0.25, 0.3) is 11.8 Å². The van der Waals surface area contributed by atoms with E-state index in [2.05, 4.69) is 25.9 Å². The molecule has 1 saturated heterocycles. The van der Waals surface area contributed by atoms with Crippen molar-refractivity contribution >= 4 is 63.2 Å². The lowest BCUT2D eigenvalue weighted by atomic mass is 10.0. The molecule has 5 rings (SSSR count). The Morgan fingerprint density at radius 3 is 2.90 bits per heavy atom. The molecule has 0 saturated carbocycles. The molecule has 0 spiro atoms. The zero-order chi connectivity index (χ0) is 29.1. The highest BCUT2D eigenvalue weighted by molar-refractivity contribution is 8.00. The molecule has 1 fully saturated rings. The average molecular weight is 602 g/mol. The molecular formula is C24H29N10O5S2+. The number of carboxylic acids is 1. The fourth-order valence-corrected chi connectivity index (χ4v) is 6.37. The number of nitrogen functional groups attached to an aromatic ring is 1. The molecule has 17 heteroatoms. The molecule has 41 heavy (non-hydrogen) atoms. The van der Waals surface area contributed by atoms with Gasteiger partial charge in [-0.3, -0.25) is 14.5 Å². The van der Waals surface area contributed by atoms with E-state index < -0.39 is 29.2 Å². The van der Waals surface area contributed by atoms with E-state index in [1.165, 1.54) is 16.7 Å². The van der Waals surface area contributed by atoms with Crippen LogP contribution in [0.4, 0.5) is 10.9 Å². The summed E-state index contributed by atoms with van der Waals surface area (Å²) in [5.41, 5.74) is 12.6. The number of carboxylic acid groups (broad SMARTS) is 1. The number of rotatable bonds is 12. The smallest absolute Gasteiger partial charge is 0.352 e. The molecule has 216 valence electrons. The largest absolute Gasteiger partial charge is 0.477 e. The van der Waals surface area contributed by atoms with Gasteiger partial charge in [-0.25, -0.2) is 14.3 Å². The SMILES string of the molecule is CCO/N=C(\C(=O)N[C@@H]1C(=O)N2C(C(=O)O)=C(C[n+]3ccn4nc(NCCCN)ccc43)CS[C@H]12)c1csc(N)n1. The first-order chi connectivity index (χ1) is 19.8. The molecule has 7 N–H and O–H groups in total. The van der Waals surface area contributed by atoms with Gasteiger partial charge in [-0.2, -0.15) is 0 Å². The normalized spacial score (nSPS) is 18.7. The lowest BCUT2D eigenvalue weighted by Gasteiger charge is -2.49. The van der Waals surface area contributed by atoms with Crippen molar-refractivity contribution in [1.82, 2.24) is 24.8 Å². The van der Waals surface area contributed by atoms with E-state index in [-0.39, 0.29) is 35.4 Å². The minimum atomic E-state index is -1.21. The third kappa shape index (κ3) is 5.68. The molecule has 2 aliphatic rings. The Balaban J connectivity index is 1.33. The molecule has 0 unspecified atom stereocenters. The van der Waals surface area contributed by atoms with E-state index in [4.69, 9.17) is 16.3 Å². The number of aliphatic carboxylic acids is 1. The van der Waals surface area contributed by atoms with Gasteiger partial charge in [-0.05, 0) is 26.0 Å². The zero-order valence-corrected chi connectivity index (χ0v) is 23.7. The van der Waals surface area contributed by atoms with E-state index in [1.54, 1.807) is 29.2 Å². The first kappa shape index (κ1) is 28.3. The highest BCUT2D eigenvalue weighted by Gasteiger charge is 2.54. The summed E-state index contributed by atoms with van der Waals surface area (Å²) in [5.74, 6) is -1.37. The zero-order valence-electron chi connectivity index (χ0n) is 22.0. The number of fused-ring (bicyclic) bond motifs is 2. The summed E-state index contributed by atoms with van der Waals surface area (Å²) in [6, 6.07) is 2.79. The van der Waals surface area contributed by atoms with Crippen LogP contribution in [0.1, 0.15) is 19.0 Å². The van der Waals surface area contributed by atoms with Crippen LogP contribution in [0.3, 0.4) is 0 Å². The summed E-state index contributed by atoms with van der Waals surface area (Å²) in [6.45, 7) is 3.46. The molecule has 15 nitrogen and oxygen atoms in total. The number of nitrogens with two attached hydrogens (primary N) is 2. The summed E-state index contributed by atoms with van der Waals surface area (Å²) in [4.78, 5) is 49.0. The van der Waals surface area contributed by atoms with Crippen LogP contribution in [0.25, 0.3) is 5.65 Å². The second-order valence-electron chi connectivity index (χ2n) is 9.06. The Morgan fingerprint density at radius 2 is 2.20 bits per heavy atom. The Kier molecular flexibility index (Phi) is 8.36. The van der Waals surface area contributed by atoms with Crippen molar-refractivity contribution in [1.29, 1.82) is 0 Å². The summed E-state index contributed by atoms with van der Waals surface area (Å²) in [7, 11) is 0. The fraction of sp³-hybridized carbons (Fsp3) is 0.375. The van der Waals surface area contributed by atoms with Gasteiger partial charge in [0.05, 0.1) is 0 Å². The van der Waals surface area contributed by atoms with Crippen LogP contribution in [0.15, 0.2) is 46.3 Å². The third-order valence-electron chi connectivity index (χ3n) is 6.37. The molecule has 2 atom stereocenters. The van der Waals surface area contributed by atoms with Crippen molar-refractivity contribution < 1.29 is 28.9 Å². The van der Waals surface area contributed by atoms with E-state index in [9.17, 15) is 19.5 Å². The number of nitrogens with zero attached hydrogens (tertiary/aromatic N) is 6. The number of anilines is 2. The highest BCUT2D eigenvalue weighted by atomic mass is 32.2. The van der Waals surface area contributed by atoms with Crippen molar-refractivity contribution in [2.75, 3.05) is 36.5 Å². The van der Waals surface area contributed by atoms with Gasteiger partial charge in [0.2, 0.25) is 0 Å². The number of thioether (sulfide) groups is 1. The average Bonchev–Trinajstić information content (AvgIpc) is 3.57. The fourth-order valence-electron chi connectivity index (χ4n) is 4.48. The number of oxime groups is 1. The van der Waals surface area contributed by atoms with Crippen LogP contribution >= 0.6 is 23.1 Å². The number of aromatic nitrogens is 4. The Hall–Kier alpha value is -4.22. The Bertz CT molecular complexity index is 1550. The van der Waals surface area contributed by atoms with E-state index >= 15 is 0 Å². The second kappa shape index (κ2) is 12.1. The summed E-state index contributed by atoms with van der Waals surface area (Å²) >= 11 is 2.51. The molecule has 5 heterocycles. The van der Waals surface area contributed by atoms with E-state index in [0.717, 1.165) is 23.4 Å². The van der Waals surface area contributed by atoms with Gasteiger partial charge in [-0.1, -0.05) is 14.8 Å². The molecule has 0 aliphatic carbocycles. The minimum Gasteiger partial charge on any atom is -0.477 e. The topological polar surface area (TPSA) is 206 Å². The maximum atomic E-state index is 13.2. The predicted molar refractivity (Wildman–Crippen MR) is 152 cm³/mol. The molecule has 0 bridgehead atoms. The van der Waals surface area contributed by atoms with Gasteiger partial charge in [-0.15, -0.1) is 23.1 Å². The number of carbonyl (C=O) groups excluding carboxylic acids is 2. The van der Waals surface area contributed by atoms with Gasteiger partial charge in [0, 0.05) is 29.3 Å². The molecule has 3 aromatic heterocycles. The minimum absolute atomic E-state index is 0.0837. The predicted octanol–water partition coefficient (Wildman–Crippen LogP) is -0.399. The standard InChI is InChI=1S/C24H28N10O5S2/c1-2-39-31-17(14-12-41-24(26)28-14)20(35)29-18-21(36)34-19(23(37)38)13(11-40-22(18)34)10-32-8-9-33-16(32)5-4-15(30-33)27-7-3-6-25/h4-5,8-9,12,18,22H,2-3,6-7,10-11,25H2,1H3,(H4-,26,27,28,29,30,35,37,38)/p+1/b31-17-/t18-,22-/m1/s1. The number of carbonyl (C=O) groups is 3. The van der Waals surface area contributed by atoms with Crippen molar-refractivity contribution in [3.63, 3.8) is 0 Å². The van der Waals surface area contributed by atoms with Crippen molar-refractivity contribution in [3.05, 3.63) is 46.9 Å². The number of hydrogen-bond donors (Lipinski definition) is 5. The lowest BCUT2D eigenvalue weighted by molar-refractivity contribution is -0.662. The van der Waals surface area contributed by atoms with Crippen LogP contribution in [0.5, 0.6) is 0 Å². The molecule has 3 aromatic rings. The lowest BCUT2D eigenvalue weighted by Crippen LogP contribution is -2.71. The van der Waals surface area contributed by atoms with Crippen LogP contribution in [0, 0.1) is 0 Å². The Labute approximate surface area is 242 Å². The monoisotopic (exact) mass is 601 g/mol. The summed E-state index contributed by atoms with van der Waals surface area (Å²) in [6.07, 6.45) is 4.40. The summed E-state index contributed by atoms with van der Waals surface area (Å²) in [5, 5.41) is 25.6. The Morgan fingerprint density at radius 1 is 1.37 bits per heavy atom. The first-order valence-corrected chi connectivity index (χ1v) is 14.7. The number of thiazole rings is 1. The van der Waals surface area contributed by atoms with Crippen LogP contribution in [-0.2, 0) is 25.8 Å². The van der Waals surface area contributed by atoms with E-state index in [0.29, 0.717) is 30.2 Å². The van der Waals surface area contributed by atoms with E-state index in [1.807, 2.05) is 16.7 Å². The highest BCUT2D eigenvalue weighted by Crippen LogP contribution is 2.40. The van der Waals surface area contributed by atoms with Crippen molar-refractivity contribution in [3.8, 4) is 0 Å².